The van der Waals surface area contributed by atoms with E-state index >= 15 is 0 Å². The van der Waals surface area contributed by atoms with E-state index in [1.165, 1.54) is 5.56 Å². The van der Waals surface area contributed by atoms with Gasteiger partial charge in [0.05, 0.1) is 5.69 Å². The van der Waals surface area contributed by atoms with Gasteiger partial charge in [-0.1, -0.05) is 42.8 Å². The van der Waals surface area contributed by atoms with Gasteiger partial charge in [-0.25, -0.2) is 4.98 Å². The Morgan fingerprint density at radius 1 is 1.18 bits per heavy atom. The summed E-state index contributed by atoms with van der Waals surface area (Å²) >= 11 is 1.59. The molecule has 0 radical (unpaired) electrons. The highest BCUT2D eigenvalue weighted by Gasteiger charge is 2.41. The van der Waals surface area contributed by atoms with Crippen molar-refractivity contribution in [3.8, 4) is 10.6 Å². The third-order valence-corrected chi connectivity index (χ3v) is 6.85. The van der Waals surface area contributed by atoms with Crippen LogP contribution in [0.2, 0.25) is 0 Å². The number of aryl methyl sites for hydroxylation is 2. The van der Waals surface area contributed by atoms with Crippen LogP contribution < -0.4 is 0 Å². The summed E-state index contributed by atoms with van der Waals surface area (Å²) in [6, 6.07) is 8.21. The predicted octanol–water partition coefficient (Wildman–Crippen LogP) is 4.66. The Bertz CT molecular complexity index is 920. The summed E-state index contributed by atoms with van der Waals surface area (Å²) in [5.74, 6) is -0.453. The SMILES string of the molecule is CCc1sc(-c2ccc(C)cc2)nc1C1C(=O)C/C(=C\C2CCOCC2)C1=O. The zero-order chi connectivity index (χ0) is 19.7. The normalized spacial score (nSPS) is 22.4. The number of aromatic nitrogens is 1. The van der Waals surface area contributed by atoms with Gasteiger partial charge in [0, 0.05) is 30.1 Å². The highest BCUT2D eigenvalue weighted by Crippen LogP contribution is 2.39. The Hall–Kier alpha value is -2.11. The highest BCUT2D eigenvalue weighted by atomic mass is 32.1. The largest absolute Gasteiger partial charge is 0.381 e. The lowest BCUT2D eigenvalue weighted by Gasteiger charge is -2.19. The minimum absolute atomic E-state index is 0.0150. The second-order valence-corrected chi connectivity index (χ2v) is 8.71. The molecule has 4 nitrogen and oxygen atoms in total. The highest BCUT2D eigenvalue weighted by molar-refractivity contribution is 7.15. The van der Waals surface area contributed by atoms with E-state index in [2.05, 4.69) is 26.0 Å². The van der Waals surface area contributed by atoms with Crippen LogP contribution >= 0.6 is 11.3 Å². The van der Waals surface area contributed by atoms with Crippen molar-refractivity contribution < 1.29 is 14.3 Å². The molecule has 2 fully saturated rings. The van der Waals surface area contributed by atoms with Crippen LogP contribution in [0.25, 0.3) is 10.6 Å². The van der Waals surface area contributed by atoms with E-state index in [1.807, 2.05) is 18.2 Å². The first-order valence-electron chi connectivity index (χ1n) is 9.98. The number of allylic oxidation sites excluding steroid dienone is 2. The van der Waals surface area contributed by atoms with Crippen LogP contribution in [0.3, 0.4) is 0 Å². The molecule has 1 saturated heterocycles. The topological polar surface area (TPSA) is 56.3 Å². The molecule has 0 amide bonds. The van der Waals surface area contributed by atoms with Crippen LogP contribution in [0.15, 0.2) is 35.9 Å². The quantitative estimate of drug-likeness (QED) is 0.558. The van der Waals surface area contributed by atoms with Crippen molar-refractivity contribution in [2.45, 2.75) is 45.4 Å². The summed E-state index contributed by atoms with van der Waals surface area (Å²) in [6.07, 6.45) is 4.88. The monoisotopic (exact) mass is 395 g/mol. The van der Waals surface area contributed by atoms with Crippen LogP contribution in [0.5, 0.6) is 0 Å². The van der Waals surface area contributed by atoms with Crippen LogP contribution in [0.4, 0.5) is 0 Å². The number of rotatable bonds is 4. The van der Waals surface area contributed by atoms with E-state index in [0.29, 0.717) is 17.2 Å². The molecule has 1 unspecified atom stereocenters. The van der Waals surface area contributed by atoms with Crippen molar-refractivity contribution >= 4 is 22.9 Å². The molecular formula is C23H25NO3S. The van der Waals surface area contributed by atoms with Gasteiger partial charge in [-0.15, -0.1) is 11.3 Å². The van der Waals surface area contributed by atoms with Crippen molar-refractivity contribution in [2.24, 2.45) is 5.92 Å². The number of nitrogens with zero attached hydrogens (tertiary/aromatic N) is 1. The van der Waals surface area contributed by atoms with Crippen molar-refractivity contribution in [3.05, 3.63) is 52.0 Å². The number of carbonyl (C=O) groups is 2. The molecule has 1 aromatic heterocycles. The smallest absolute Gasteiger partial charge is 0.175 e. The number of Topliss-reactive ketones (excluding diaryl/α,β-unsaturated/α-hetero) is 2. The third kappa shape index (κ3) is 3.74. The van der Waals surface area contributed by atoms with Crippen LogP contribution in [0.1, 0.15) is 48.2 Å². The Kier molecular flexibility index (Phi) is 5.56. The summed E-state index contributed by atoms with van der Waals surface area (Å²) in [6.45, 7) is 5.56. The Balaban J connectivity index is 1.64. The van der Waals surface area contributed by atoms with Gasteiger partial charge in [-0.05, 0) is 37.7 Å². The molecule has 0 bridgehead atoms. The summed E-state index contributed by atoms with van der Waals surface area (Å²) in [5, 5.41) is 0.884. The minimum atomic E-state index is -0.725. The van der Waals surface area contributed by atoms with Gasteiger partial charge < -0.3 is 4.74 Å². The lowest BCUT2D eigenvalue weighted by Crippen LogP contribution is -2.16. The average Bonchev–Trinajstić information content (AvgIpc) is 3.23. The zero-order valence-electron chi connectivity index (χ0n) is 16.4. The second kappa shape index (κ2) is 8.10. The zero-order valence-corrected chi connectivity index (χ0v) is 17.2. The average molecular weight is 396 g/mol. The Labute approximate surface area is 169 Å². The maximum absolute atomic E-state index is 13.1. The van der Waals surface area contributed by atoms with Crippen molar-refractivity contribution in [3.63, 3.8) is 0 Å². The predicted molar refractivity (Wildman–Crippen MR) is 111 cm³/mol. The molecule has 1 aliphatic heterocycles. The lowest BCUT2D eigenvalue weighted by molar-refractivity contribution is -0.123. The fraction of sp³-hybridized carbons (Fsp3) is 0.435. The molecule has 0 N–H and O–H groups in total. The van der Waals surface area contributed by atoms with Crippen LogP contribution in [0, 0.1) is 12.8 Å². The number of ketones is 2. The van der Waals surface area contributed by atoms with E-state index in [9.17, 15) is 9.59 Å². The molecule has 2 aliphatic rings. The molecule has 1 saturated carbocycles. The molecule has 1 aromatic carbocycles. The molecule has 1 atom stereocenters. The number of thiazole rings is 1. The van der Waals surface area contributed by atoms with Gasteiger partial charge in [0.15, 0.2) is 11.6 Å². The fourth-order valence-corrected chi connectivity index (χ4v) is 5.00. The van der Waals surface area contributed by atoms with Gasteiger partial charge in [-0.3, -0.25) is 9.59 Å². The molecule has 28 heavy (non-hydrogen) atoms. The number of carbonyl (C=O) groups excluding carboxylic acids is 2. The van der Waals surface area contributed by atoms with Crippen molar-refractivity contribution in [1.82, 2.24) is 4.98 Å². The standard InChI is InChI=1S/C23H25NO3S/c1-3-19-21(24-23(28-19)16-6-4-14(2)5-7-16)20-18(25)13-17(22(20)26)12-15-8-10-27-11-9-15/h4-7,12,15,20H,3,8-11,13H2,1-2H3/b17-12+. The molecular weight excluding hydrogens is 370 g/mol. The van der Waals surface area contributed by atoms with Crippen LogP contribution in [-0.2, 0) is 20.7 Å². The number of benzene rings is 1. The summed E-state index contributed by atoms with van der Waals surface area (Å²) in [7, 11) is 0. The second-order valence-electron chi connectivity index (χ2n) is 7.63. The fourth-order valence-electron chi connectivity index (χ4n) is 3.96. The third-order valence-electron chi connectivity index (χ3n) is 5.59. The molecule has 4 rings (SSSR count). The number of hydrogen-bond donors (Lipinski definition) is 0. The molecule has 2 aromatic rings. The first-order chi connectivity index (χ1) is 13.6. The van der Waals surface area contributed by atoms with Gasteiger partial charge in [0.25, 0.3) is 0 Å². The van der Waals surface area contributed by atoms with Gasteiger partial charge >= 0.3 is 0 Å². The summed E-state index contributed by atoms with van der Waals surface area (Å²) < 4.78 is 5.40. The van der Waals surface area contributed by atoms with E-state index in [-0.39, 0.29) is 18.0 Å². The maximum Gasteiger partial charge on any atom is 0.175 e. The van der Waals surface area contributed by atoms with Crippen molar-refractivity contribution in [1.29, 1.82) is 0 Å². The lowest BCUT2D eigenvalue weighted by atomic mass is 9.95. The molecule has 2 heterocycles. The number of ether oxygens (including phenoxy) is 1. The molecule has 5 heteroatoms. The molecule has 146 valence electrons. The Morgan fingerprint density at radius 3 is 2.57 bits per heavy atom. The summed E-state index contributed by atoms with van der Waals surface area (Å²) in [4.78, 5) is 31.7. The molecule has 0 spiro atoms. The summed E-state index contributed by atoms with van der Waals surface area (Å²) in [5.41, 5.74) is 3.58. The van der Waals surface area contributed by atoms with Crippen molar-refractivity contribution in [2.75, 3.05) is 13.2 Å². The van der Waals surface area contributed by atoms with Gasteiger partial charge in [0.2, 0.25) is 0 Å². The first kappa shape index (κ1) is 19.2. The van der Waals surface area contributed by atoms with E-state index in [1.54, 1.807) is 11.3 Å². The maximum atomic E-state index is 13.1. The minimum Gasteiger partial charge on any atom is -0.381 e. The first-order valence-corrected chi connectivity index (χ1v) is 10.8. The Morgan fingerprint density at radius 2 is 1.89 bits per heavy atom. The van der Waals surface area contributed by atoms with E-state index in [4.69, 9.17) is 9.72 Å². The van der Waals surface area contributed by atoms with Gasteiger partial charge in [0.1, 0.15) is 10.9 Å². The number of hydrogen-bond acceptors (Lipinski definition) is 5. The van der Waals surface area contributed by atoms with Crippen LogP contribution in [-0.4, -0.2) is 29.8 Å². The van der Waals surface area contributed by atoms with Gasteiger partial charge in [-0.2, -0.15) is 0 Å². The molecule has 1 aliphatic carbocycles. The van der Waals surface area contributed by atoms with E-state index < -0.39 is 5.92 Å². The van der Waals surface area contributed by atoms with E-state index in [0.717, 1.165) is 47.9 Å².